The van der Waals surface area contributed by atoms with Crippen LogP contribution in [0.5, 0.6) is 5.75 Å². The number of likely N-dealkylation sites (tertiary alicyclic amines) is 1. The van der Waals surface area contributed by atoms with Crippen LogP contribution in [-0.4, -0.2) is 40.6 Å². The molecule has 0 saturated carbocycles. The van der Waals surface area contributed by atoms with Gasteiger partial charge in [-0.2, -0.15) is 0 Å². The summed E-state index contributed by atoms with van der Waals surface area (Å²) in [7, 11) is 3.53. The summed E-state index contributed by atoms with van der Waals surface area (Å²) in [6, 6.07) is 7.48. The predicted octanol–water partition coefficient (Wildman–Crippen LogP) is 5.03. The van der Waals surface area contributed by atoms with Crippen molar-refractivity contribution in [2.75, 3.05) is 25.5 Å². The van der Waals surface area contributed by atoms with Gasteiger partial charge in [-0.05, 0) is 37.5 Å². The Balaban J connectivity index is 0.00000240. The molecule has 1 saturated heterocycles. The fraction of sp³-hybridized carbons (Fsp3) is 0.333. The molecule has 0 unspecified atom stereocenters. The largest absolute Gasteiger partial charge is 0.493 e. The van der Waals surface area contributed by atoms with Crippen molar-refractivity contribution < 1.29 is 9.53 Å². The van der Waals surface area contributed by atoms with E-state index in [4.69, 9.17) is 16.3 Å². The number of fused-ring (bicyclic) bond motifs is 1. The van der Waals surface area contributed by atoms with Crippen LogP contribution in [0.2, 0.25) is 5.02 Å². The van der Waals surface area contributed by atoms with Gasteiger partial charge in [-0.15, -0.1) is 12.4 Å². The average Bonchev–Trinajstić information content (AvgIpc) is 3.11. The van der Waals surface area contributed by atoms with Crippen LogP contribution in [0.4, 0.5) is 11.5 Å². The lowest BCUT2D eigenvalue weighted by atomic mass is 10.1. The topological polar surface area (TPSA) is 59.4 Å². The van der Waals surface area contributed by atoms with Gasteiger partial charge in [0.25, 0.3) is 5.91 Å². The molecule has 29 heavy (non-hydrogen) atoms. The Labute approximate surface area is 181 Å². The van der Waals surface area contributed by atoms with Crippen molar-refractivity contribution in [3.63, 3.8) is 0 Å². The van der Waals surface area contributed by atoms with E-state index in [0.717, 1.165) is 42.5 Å². The van der Waals surface area contributed by atoms with Gasteiger partial charge in [-0.1, -0.05) is 17.7 Å². The van der Waals surface area contributed by atoms with Gasteiger partial charge in [0.1, 0.15) is 5.82 Å². The molecule has 1 fully saturated rings. The van der Waals surface area contributed by atoms with Crippen molar-refractivity contribution in [3.05, 3.63) is 47.2 Å². The Kier molecular flexibility index (Phi) is 6.55. The number of rotatable bonds is 4. The van der Waals surface area contributed by atoms with Gasteiger partial charge < -0.3 is 19.5 Å². The van der Waals surface area contributed by atoms with Crippen LogP contribution in [0, 0.1) is 0 Å². The number of halogens is 2. The highest BCUT2D eigenvalue weighted by molar-refractivity contribution is 6.32. The highest BCUT2D eigenvalue weighted by Crippen LogP contribution is 2.36. The minimum absolute atomic E-state index is 0. The number of para-hydroxylation sites is 1. The molecule has 3 aromatic rings. The molecular formula is C21H24Cl2N4O2. The molecule has 0 bridgehead atoms. The third-order valence-corrected chi connectivity index (χ3v) is 5.50. The Hall–Kier alpha value is -2.44. The number of piperidine rings is 1. The Morgan fingerprint density at radius 3 is 2.69 bits per heavy atom. The van der Waals surface area contributed by atoms with Crippen LogP contribution >= 0.6 is 24.0 Å². The number of aromatic nitrogens is 2. The number of anilines is 2. The van der Waals surface area contributed by atoms with Crippen LogP contribution in [0.25, 0.3) is 10.9 Å². The van der Waals surface area contributed by atoms with Gasteiger partial charge in [-0.25, -0.2) is 4.98 Å². The molecule has 1 aromatic carbocycles. The zero-order valence-electron chi connectivity index (χ0n) is 16.4. The molecule has 1 amide bonds. The van der Waals surface area contributed by atoms with Gasteiger partial charge in [-0.3, -0.25) is 4.79 Å². The molecule has 0 atom stereocenters. The fourth-order valence-corrected chi connectivity index (χ4v) is 4.03. The molecule has 8 heteroatoms. The second kappa shape index (κ2) is 8.93. The number of carbonyl (C=O) groups excluding carboxylic acids is 1. The van der Waals surface area contributed by atoms with Gasteiger partial charge in [0, 0.05) is 37.9 Å². The van der Waals surface area contributed by atoms with Gasteiger partial charge in [0.15, 0.2) is 5.75 Å². The lowest BCUT2D eigenvalue weighted by Gasteiger charge is -2.27. The van der Waals surface area contributed by atoms with Crippen molar-refractivity contribution in [1.29, 1.82) is 0 Å². The van der Waals surface area contributed by atoms with E-state index in [-0.39, 0.29) is 18.3 Å². The first-order valence-corrected chi connectivity index (χ1v) is 9.81. The molecule has 4 rings (SSSR count). The number of aryl methyl sites for hydroxylation is 1. The van der Waals surface area contributed by atoms with Gasteiger partial charge in [0.2, 0.25) is 0 Å². The number of benzene rings is 1. The highest BCUT2D eigenvalue weighted by atomic mass is 35.5. The summed E-state index contributed by atoms with van der Waals surface area (Å²) in [4.78, 5) is 19.6. The number of carbonyl (C=O) groups is 1. The van der Waals surface area contributed by atoms with E-state index in [1.165, 1.54) is 6.42 Å². The monoisotopic (exact) mass is 434 g/mol. The number of hydrogen-bond donors (Lipinski definition) is 1. The number of hydrogen-bond acceptors (Lipinski definition) is 4. The first-order chi connectivity index (χ1) is 13.6. The molecule has 1 aliphatic heterocycles. The first-order valence-electron chi connectivity index (χ1n) is 9.43. The molecule has 0 spiro atoms. The molecule has 0 aliphatic carbocycles. The summed E-state index contributed by atoms with van der Waals surface area (Å²) >= 11 is 6.23. The van der Waals surface area contributed by atoms with E-state index in [0.29, 0.717) is 22.2 Å². The number of methoxy groups -OCH3 is 1. The van der Waals surface area contributed by atoms with Gasteiger partial charge >= 0.3 is 0 Å². The van der Waals surface area contributed by atoms with Crippen LogP contribution in [0.3, 0.4) is 0 Å². The van der Waals surface area contributed by atoms with Crippen LogP contribution in [0.1, 0.15) is 29.6 Å². The lowest BCUT2D eigenvalue weighted by Crippen LogP contribution is -2.35. The van der Waals surface area contributed by atoms with E-state index >= 15 is 0 Å². The zero-order chi connectivity index (χ0) is 19.7. The third kappa shape index (κ3) is 4.00. The minimum Gasteiger partial charge on any atom is -0.493 e. The fourth-order valence-electron chi connectivity index (χ4n) is 3.78. The molecule has 6 nitrogen and oxygen atoms in total. The Morgan fingerprint density at radius 2 is 1.97 bits per heavy atom. The van der Waals surface area contributed by atoms with Crippen LogP contribution in [-0.2, 0) is 7.05 Å². The third-order valence-electron chi connectivity index (χ3n) is 5.20. The zero-order valence-corrected chi connectivity index (χ0v) is 18.0. The molecule has 154 valence electrons. The number of amides is 1. The summed E-state index contributed by atoms with van der Waals surface area (Å²) in [6.45, 7) is 1.62. The van der Waals surface area contributed by atoms with Crippen LogP contribution in [0.15, 0.2) is 36.7 Å². The maximum absolute atomic E-state index is 13.1. The standard InChI is InChI=1S/C21H23ClN4O2.ClH/c1-25-12-9-14-18(25)15(21(27)26-10-4-3-5-11-26)13-23-20(14)24-17-8-6-7-16(22)19(17)28-2;/h6-9,12-13H,3-5,10-11H2,1-2H3,(H,23,24);1H. The minimum atomic E-state index is 0. The molecule has 0 radical (unpaired) electrons. The molecule has 1 N–H and O–H groups in total. The maximum Gasteiger partial charge on any atom is 0.257 e. The van der Waals surface area contributed by atoms with E-state index in [1.54, 1.807) is 19.4 Å². The van der Waals surface area contributed by atoms with Gasteiger partial charge in [0.05, 0.1) is 28.9 Å². The number of nitrogens with zero attached hydrogens (tertiary/aromatic N) is 3. The summed E-state index contributed by atoms with van der Waals surface area (Å²) in [5, 5.41) is 4.71. The quantitative estimate of drug-likeness (QED) is 0.625. The second-order valence-corrected chi connectivity index (χ2v) is 7.42. The Bertz CT molecular complexity index is 1030. The number of nitrogens with one attached hydrogen (secondary N) is 1. The molecule has 2 aromatic heterocycles. The van der Waals surface area contributed by atoms with Crippen LogP contribution < -0.4 is 10.1 Å². The second-order valence-electron chi connectivity index (χ2n) is 7.01. The SMILES string of the molecule is COc1c(Cl)cccc1Nc1ncc(C(=O)N2CCCCC2)c2c1ccn2C.Cl. The molecular weight excluding hydrogens is 411 g/mol. The lowest BCUT2D eigenvalue weighted by molar-refractivity contribution is 0.0725. The van der Waals surface area contributed by atoms with Crippen molar-refractivity contribution in [2.45, 2.75) is 19.3 Å². The summed E-state index contributed by atoms with van der Waals surface area (Å²) in [6.07, 6.45) is 6.91. The smallest absolute Gasteiger partial charge is 0.257 e. The summed E-state index contributed by atoms with van der Waals surface area (Å²) in [5.74, 6) is 1.26. The maximum atomic E-state index is 13.1. The normalized spacial score (nSPS) is 13.8. The van der Waals surface area contributed by atoms with Crippen molar-refractivity contribution >= 4 is 52.3 Å². The first kappa shape index (κ1) is 21.3. The van der Waals surface area contributed by atoms with Crippen molar-refractivity contribution in [1.82, 2.24) is 14.5 Å². The molecule has 3 heterocycles. The van der Waals surface area contributed by atoms with E-state index in [2.05, 4.69) is 10.3 Å². The average molecular weight is 435 g/mol. The van der Waals surface area contributed by atoms with Crippen molar-refractivity contribution in [3.8, 4) is 5.75 Å². The summed E-state index contributed by atoms with van der Waals surface area (Å²) in [5.41, 5.74) is 2.23. The Morgan fingerprint density at radius 1 is 1.21 bits per heavy atom. The predicted molar refractivity (Wildman–Crippen MR) is 119 cm³/mol. The van der Waals surface area contributed by atoms with E-state index in [1.807, 2.05) is 40.9 Å². The van der Waals surface area contributed by atoms with E-state index in [9.17, 15) is 4.79 Å². The van der Waals surface area contributed by atoms with Crippen molar-refractivity contribution in [2.24, 2.45) is 7.05 Å². The number of pyridine rings is 1. The highest BCUT2D eigenvalue weighted by Gasteiger charge is 2.23. The number of ether oxygens (including phenoxy) is 1. The van der Waals surface area contributed by atoms with E-state index < -0.39 is 0 Å². The summed E-state index contributed by atoms with van der Waals surface area (Å²) < 4.78 is 7.39. The molecule has 1 aliphatic rings.